The standard InChI is InChI=1S/C24H31N3O2/c1-25-11-9-20(10-12-25)26-14-17-13-19(16-26)23-8-7-22(24(28)27(23)15-17)18-3-5-21(29-2)6-4-18/h3-8,17,19-20H,9-16H2,1-2H3. The molecule has 2 unspecified atom stereocenters. The molecule has 3 aliphatic heterocycles. The van der Waals surface area contributed by atoms with Crippen molar-refractivity contribution in [3.63, 3.8) is 0 Å². The van der Waals surface area contributed by atoms with Crippen LogP contribution in [0.3, 0.4) is 0 Å². The van der Waals surface area contributed by atoms with Gasteiger partial charge in [0.15, 0.2) is 0 Å². The van der Waals surface area contributed by atoms with E-state index in [0.29, 0.717) is 17.9 Å². The summed E-state index contributed by atoms with van der Waals surface area (Å²) in [5.41, 5.74) is 3.16. The maximum absolute atomic E-state index is 13.3. The minimum Gasteiger partial charge on any atom is -0.497 e. The Balaban J connectivity index is 1.41. The first-order chi connectivity index (χ1) is 14.1. The van der Waals surface area contributed by atoms with Crippen LogP contribution in [0.2, 0.25) is 0 Å². The molecular formula is C24H31N3O2. The van der Waals surface area contributed by atoms with E-state index in [1.54, 1.807) is 7.11 Å². The van der Waals surface area contributed by atoms with Crippen LogP contribution >= 0.6 is 0 Å². The summed E-state index contributed by atoms with van der Waals surface area (Å²) in [7, 11) is 3.89. The van der Waals surface area contributed by atoms with Gasteiger partial charge in [-0.25, -0.2) is 0 Å². The van der Waals surface area contributed by atoms with Gasteiger partial charge in [0, 0.05) is 42.9 Å². The molecule has 0 spiro atoms. The van der Waals surface area contributed by atoms with Gasteiger partial charge in [-0.05, 0) is 75.1 Å². The molecule has 1 aromatic heterocycles. The Hall–Kier alpha value is -2.11. The second-order valence-corrected chi connectivity index (χ2v) is 9.10. The van der Waals surface area contributed by atoms with Crippen LogP contribution in [0.1, 0.15) is 30.9 Å². The van der Waals surface area contributed by atoms with Gasteiger partial charge in [-0.1, -0.05) is 12.1 Å². The molecule has 2 fully saturated rings. The Morgan fingerprint density at radius 3 is 2.45 bits per heavy atom. The molecule has 0 N–H and O–H groups in total. The molecule has 4 heterocycles. The van der Waals surface area contributed by atoms with Crippen LogP contribution in [0, 0.1) is 5.92 Å². The third kappa shape index (κ3) is 3.51. The van der Waals surface area contributed by atoms with Crippen LogP contribution in [0.5, 0.6) is 5.75 Å². The van der Waals surface area contributed by atoms with Crippen molar-refractivity contribution in [2.75, 3.05) is 40.3 Å². The lowest BCUT2D eigenvalue weighted by molar-refractivity contribution is 0.0517. The van der Waals surface area contributed by atoms with E-state index in [2.05, 4.69) is 27.5 Å². The number of hydrogen-bond acceptors (Lipinski definition) is 4. The van der Waals surface area contributed by atoms with E-state index in [1.807, 2.05) is 30.3 Å². The predicted molar refractivity (Wildman–Crippen MR) is 116 cm³/mol. The lowest BCUT2D eigenvalue weighted by Crippen LogP contribution is -2.53. The summed E-state index contributed by atoms with van der Waals surface area (Å²) in [6.45, 7) is 5.52. The summed E-state index contributed by atoms with van der Waals surface area (Å²) in [4.78, 5) is 18.5. The van der Waals surface area contributed by atoms with Crippen molar-refractivity contribution in [3.8, 4) is 16.9 Å². The predicted octanol–water partition coefficient (Wildman–Crippen LogP) is 3.04. The van der Waals surface area contributed by atoms with Gasteiger partial charge in [-0.3, -0.25) is 9.69 Å². The number of aromatic nitrogens is 1. The SMILES string of the molecule is COc1ccc(-c2ccc3n(c2=O)CC2CC3CN(C3CCN(C)CC3)C2)cc1. The Morgan fingerprint density at radius 2 is 1.72 bits per heavy atom. The number of methoxy groups -OCH3 is 1. The third-order valence-corrected chi connectivity index (χ3v) is 7.24. The molecule has 2 saturated heterocycles. The van der Waals surface area contributed by atoms with E-state index < -0.39 is 0 Å². The highest BCUT2D eigenvalue weighted by Crippen LogP contribution is 2.37. The van der Waals surface area contributed by atoms with Crippen LogP contribution in [0.4, 0.5) is 0 Å². The number of ether oxygens (including phenoxy) is 1. The molecule has 0 aliphatic carbocycles. The highest BCUT2D eigenvalue weighted by Gasteiger charge is 2.37. The zero-order chi connectivity index (χ0) is 20.0. The average Bonchev–Trinajstić information content (AvgIpc) is 2.75. The Bertz CT molecular complexity index is 928. The van der Waals surface area contributed by atoms with E-state index in [9.17, 15) is 4.79 Å². The molecule has 2 bridgehead atoms. The van der Waals surface area contributed by atoms with Crippen molar-refractivity contribution in [3.05, 3.63) is 52.4 Å². The zero-order valence-electron chi connectivity index (χ0n) is 17.5. The number of likely N-dealkylation sites (tertiary alicyclic amines) is 2. The normalized spacial score (nSPS) is 25.6. The van der Waals surface area contributed by atoms with Gasteiger partial charge >= 0.3 is 0 Å². The molecule has 0 amide bonds. The number of fused-ring (bicyclic) bond motifs is 4. The second-order valence-electron chi connectivity index (χ2n) is 9.10. The van der Waals surface area contributed by atoms with E-state index >= 15 is 0 Å². The van der Waals surface area contributed by atoms with Crippen molar-refractivity contribution in [2.24, 2.45) is 5.92 Å². The van der Waals surface area contributed by atoms with Gasteiger partial charge in [-0.15, -0.1) is 0 Å². The molecule has 2 aromatic rings. The van der Waals surface area contributed by atoms with Crippen LogP contribution in [0.25, 0.3) is 11.1 Å². The molecule has 0 saturated carbocycles. The molecule has 5 heteroatoms. The molecule has 3 aliphatic rings. The van der Waals surface area contributed by atoms with E-state index in [-0.39, 0.29) is 5.56 Å². The highest BCUT2D eigenvalue weighted by atomic mass is 16.5. The smallest absolute Gasteiger partial charge is 0.258 e. The Morgan fingerprint density at radius 1 is 0.966 bits per heavy atom. The lowest BCUT2D eigenvalue weighted by atomic mass is 9.81. The maximum Gasteiger partial charge on any atom is 0.258 e. The van der Waals surface area contributed by atoms with Crippen LogP contribution in [-0.4, -0.2) is 60.7 Å². The summed E-state index contributed by atoms with van der Waals surface area (Å²) >= 11 is 0. The van der Waals surface area contributed by atoms with Crippen LogP contribution in [-0.2, 0) is 6.54 Å². The fraction of sp³-hybridized carbons (Fsp3) is 0.542. The van der Waals surface area contributed by atoms with Crippen molar-refractivity contribution in [1.29, 1.82) is 0 Å². The van der Waals surface area contributed by atoms with E-state index in [0.717, 1.165) is 36.5 Å². The largest absolute Gasteiger partial charge is 0.497 e. The minimum absolute atomic E-state index is 0.162. The van der Waals surface area contributed by atoms with Crippen molar-refractivity contribution in [2.45, 2.75) is 37.8 Å². The number of piperidine rings is 2. The Labute approximate surface area is 172 Å². The third-order valence-electron chi connectivity index (χ3n) is 7.24. The molecule has 2 atom stereocenters. The van der Waals surface area contributed by atoms with Crippen molar-refractivity contribution in [1.82, 2.24) is 14.4 Å². The van der Waals surface area contributed by atoms with Crippen LogP contribution < -0.4 is 10.3 Å². The molecule has 29 heavy (non-hydrogen) atoms. The molecule has 0 radical (unpaired) electrons. The quantitative estimate of drug-likeness (QED) is 0.803. The molecule has 1 aromatic carbocycles. The number of hydrogen-bond donors (Lipinski definition) is 0. The topological polar surface area (TPSA) is 37.7 Å². The molecule has 5 rings (SSSR count). The van der Waals surface area contributed by atoms with Gasteiger partial charge in [0.25, 0.3) is 5.56 Å². The van der Waals surface area contributed by atoms with Crippen molar-refractivity contribution < 1.29 is 4.74 Å². The summed E-state index contributed by atoms with van der Waals surface area (Å²) < 4.78 is 7.33. The number of pyridine rings is 1. The summed E-state index contributed by atoms with van der Waals surface area (Å²) in [6, 6.07) is 12.8. The minimum atomic E-state index is 0.162. The number of rotatable bonds is 3. The first kappa shape index (κ1) is 18.9. The van der Waals surface area contributed by atoms with E-state index in [1.165, 1.54) is 38.0 Å². The summed E-state index contributed by atoms with van der Waals surface area (Å²) in [5.74, 6) is 1.89. The average molecular weight is 394 g/mol. The van der Waals surface area contributed by atoms with Crippen LogP contribution in [0.15, 0.2) is 41.2 Å². The maximum atomic E-state index is 13.3. The molecule has 5 nitrogen and oxygen atoms in total. The molecule has 154 valence electrons. The van der Waals surface area contributed by atoms with E-state index in [4.69, 9.17) is 4.74 Å². The Kier molecular flexibility index (Phi) is 4.96. The van der Waals surface area contributed by atoms with Gasteiger partial charge < -0.3 is 14.2 Å². The summed E-state index contributed by atoms with van der Waals surface area (Å²) in [6.07, 6.45) is 3.78. The lowest BCUT2D eigenvalue weighted by Gasteiger charge is -2.47. The van der Waals surface area contributed by atoms with Gasteiger partial charge in [0.2, 0.25) is 0 Å². The number of benzene rings is 1. The first-order valence-electron chi connectivity index (χ1n) is 10.9. The van der Waals surface area contributed by atoms with Gasteiger partial charge in [-0.2, -0.15) is 0 Å². The van der Waals surface area contributed by atoms with Gasteiger partial charge in [0.05, 0.1) is 7.11 Å². The fourth-order valence-corrected chi connectivity index (χ4v) is 5.63. The zero-order valence-corrected chi connectivity index (χ0v) is 17.5. The second kappa shape index (κ2) is 7.62. The monoisotopic (exact) mass is 393 g/mol. The van der Waals surface area contributed by atoms with Gasteiger partial charge in [0.1, 0.15) is 5.75 Å². The molecular weight excluding hydrogens is 362 g/mol. The fourth-order valence-electron chi connectivity index (χ4n) is 5.63. The number of nitrogens with zero attached hydrogens (tertiary/aromatic N) is 3. The highest BCUT2D eigenvalue weighted by molar-refractivity contribution is 5.63. The van der Waals surface area contributed by atoms with Crippen molar-refractivity contribution >= 4 is 0 Å². The first-order valence-corrected chi connectivity index (χ1v) is 10.9. The summed E-state index contributed by atoms with van der Waals surface area (Å²) in [5, 5.41) is 0.